The number of hydrogen-bond acceptors (Lipinski definition) is 2. The zero-order valence-corrected chi connectivity index (χ0v) is 25.2. The molecule has 0 saturated carbocycles. The molecular formula is C30H48NO2Si. The van der Waals surface area contributed by atoms with E-state index in [4.69, 9.17) is 4.53 Å². The van der Waals surface area contributed by atoms with Crippen molar-refractivity contribution in [2.45, 2.75) is 118 Å². The first-order valence-electron chi connectivity index (χ1n) is 12.5. The second-order valence-corrected chi connectivity index (χ2v) is 19.0. The van der Waals surface area contributed by atoms with E-state index in [2.05, 4.69) is 138 Å². The van der Waals surface area contributed by atoms with E-state index in [1.165, 1.54) is 0 Å². The molecular weight excluding hydrogens is 434 g/mol. The van der Waals surface area contributed by atoms with E-state index in [-0.39, 0.29) is 27.2 Å². The number of hydrogen-bond donors (Lipinski definition) is 0. The second kappa shape index (κ2) is 9.02. The topological polar surface area (TPSA) is 32.4 Å². The molecule has 0 saturated heterocycles. The van der Waals surface area contributed by atoms with Gasteiger partial charge in [0.1, 0.15) is 0 Å². The number of nitrogens with zero attached hydrogens (tertiary/aromatic N) is 1. The maximum atomic E-state index is 13.4. The first kappa shape index (κ1) is 28.5. The van der Waals surface area contributed by atoms with Crippen LogP contribution in [0.25, 0.3) is 11.1 Å². The van der Waals surface area contributed by atoms with Crippen LogP contribution >= 0.6 is 0 Å². The molecule has 3 nitrogen and oxygen atoms in total. The Morgan fingerprint density at radius 1 is 0.706 bits per heavy atom. The first-order valence-corrected chi connectivity index (χ1v) is 15.4. The molecule has 4 heteroatoms. The van der Waals surface area contributed by atoms with Crippen LogP contribution in [0.4, 0.5) is 5.69 Å². The summed E-state index contributed by atoms with van der Waals surface area (Å²) < 4.78 is 6.84. The van der Waals surface area contributed by atoms with Gasteiger partial charge in [-0.15, -0.1) is 0 Å². The lowest BCUT2D eigenvalue weighted by Crippen LogP contribution is -2.52. The molecule has 0 spiro atoms. The Balaban J connectivity index is 2.70. The fourth-order valence-corrected chi connectivity index (χ4v) is 4.77. The highest BCUT2D eigenvalue weighted by molar-refractivity contribution is 6.74. The van der Waals surface area contributed by atoms with Gasteiger partial charge in [0.2, 0.25) is 8.32 Å². The minimum absolute atomic E-state index is 0.0985. The van der Waals surface area contributed by atoms with Crippen molar-refractivity contribution in [2.24, 2.45) is 0 Å². The molecule has 0 amide bonds. The van der Waals surface area contributed by atoms with E-state index in [0.29, 0.717) is 0 Å². The largest absolute Gasteiger partial charge is 0.319 e. The average Bonchev–Trinajstić information content (AvgIpc) is 2.62. The molecule has 2 aromatic carbocycles. The normalized spacial score (nSPS) is 13.8. The number of hydroxylamine groups is 1. The molecule has 0 aliphatic carbocycles. The molecule has 0 atom stereocenters. The van der Waals surface area contributed by atoms with Gasteiger partial charge in [0.15, 0.2) is 5.75 Å². The van der Waals surface area contributed by atoms with Gasteiger partial charge in [-0.1, -0.05) is 74.4 Å². The Morgan fingerprint density at radius 3 is 1.56 bits per heavy atom. The molecule has 2 rings (SSSR count). The van der Waals surface area contributed by atoms with E-state index in [0.717, 1.165) is 27.9 Å². The van der Waals surface area contributed by atoms with Crippen molar-refractivity contribution in [3.8, 4) is 16.9 Å². The van der Waals surface area contributed by atoms with E-state index in [9.17, 15) is 5.11 Å². The van der Waals surface area contributed by atoms with Crippen molar-refractivity contribution >= 4 is 14.0 Å². The highest BCUT2D eigenvalue weighted by Crippen LogP contribution is 2.44. The zero-order valence-electron chi connectivity index (χ0n) is 24.2. The van der Waals surface area contributed by atoms with Gasteiger partial charge in [-0.2, -0.15) is 0 Å². The summed E-state index contributed by atoms with van der Waals surface area (Å²) in [6.45, 7) is 30.6. The smallest absolute Gasteiger partial charge is 0.228 e. The van der Waals surface area contributed by atoms with Crippen molar-refractivity contribution in [2.75, 3.05) is 5.06 Å². The Bertz CT molecular complexity index is 977. The van der Waals surface area contributed by atoms with Gasteiger partial charge in [-0.3, -0.25) is 10.2 Å². The zero-order chi connectivity index (χ0) is 26.5. The third-order valence-electron chi connectivity index (χ3n) is 6.85. The summed E-state index contributed by atoms with van der Waals surface area (Å²) in [4.78, 5) is 0. The minimum Gasteiger partial charge on any atom is -0.319 e. The van der Waals surface area contributed by atoms with Gasteiger partial charge < -0.3 is 4.53 Å². The Labute approximate surface area is 210 Å². The van der Waals surface area contributed by atoms with Gasteiger partial charge >= 0.3 is 0 Å². The van der Waals surface area contributed by atoms with Gasteiger partial charge in [0.25, 0.3) is 0 Å². The van der Waals surface area contributed by atoms with Gasteiger partial charge in [0, 0.05) is 11.1 Å². The van der Waals surface area contributed by atoms with Crippen LogP contribution in [0.2, 0.25) is 18.1 Å². The fraction of sp³-hybridized carbons (Fsp3) is 0.600. The second-order valence-electron chi connectivity index (χ2n) is 14.3. The molecule has 1 radical (unpaired) electrons. The maximum Gasteiger partial charge on any atom is 0.228 e. The van der Waals surface area contributed by atoms with E-state index in [1.54, 1.807) is 0 Å². The lowest BCUT2D eigenvalue weighted by molar-refractivity contribution is 0.185. The van der Waals surface area contributed by atoms with E-state index in [1.807, 2.05) is 0 Å². The monoisotopic (exact) mass is 482 g/mol. The number of anilines is 1. The summed E-state index contributed by atoms with van der Waals surface area (Å²) in [7, 11) is -2.05. The lowest BCUT2D eigenvalue weighted by Gasteiger charge is -2.45. The molecule has 0 aromatic heterocycles. The molecule has 0 fully saturated rings. The summed E-state index contributed by atoms with van der Waals surface area (Å²) in [6.07, 6.45) is 0. The molecule has 2 aromatic rings. The molecule has 0 heterocycles. The summed E-state index contributed by atoms with van der Waals surface area (Å²) in [5.41, 5.74) is 4.28. The Hall–Kier alpha value is -1.78. The maximum absolute atomic E-state index is 13.4. The highest BCUT2D eigenvalue weighted by atomic mass is 28.4. The van der Waals surface area contributed by atoms with Crippen LogP contribution in [0.15, 0.2) is 36.4 Å². The van der Waals surface area contributed by atoms with Crippen molar-refractivity contribution in [1.29, 1.82) is 0 Å². The molecule has 0 bridgehead atoms. The van der Waals surface area contributed by atoms with Gasteiger partial charge in [-0.25, -0.2) is 0 Å². The number of benzene rings is 2. The molecule has 34 heavy (non-hydrogen) atoms. The quantitative estimate of drug-likeness (QED) is 0.321. The van der Waals surface area contributed by atoms with E-state index >= 15 is 0 Å². The van der Waals surface area contributed by atoms with Crippen molar-refractivity contribution in [3.05, 3.63) is 47.5 Å². The molecule has 189 valence electrons. The molecule has 0 N–H and O–H groups in total. The summed E-state index contributed by atoms with van der Waals surface area (Å²) in [5, 5.41) is 15.6. The average molecular weight is 483 g/mol. The van der Waals surface area contributed by atoms with Crippen molar-refractivity contribution in [3.63, 3.8) is 0 Å². The predicted molar refractivity (Wildman–Crippen MR) is 150 cm³/mol. The summed E-state index contributed by atoms with van der Waals surface area (Å²) in [5.74, 6) is 0.164. The summed E-state index contributed by atoms with van der Waals surface area (Å²) >= 11 is 0. The number of rotatable bonds is 4. The van der Waals surface area contributed by atoms with E-state index < -0.39 is 8.32 Å². The Kier molecular flexibility index (Phi) is 7.55. The lowest BCUT2D eigenvalue weighted by atomic mass is 9.77. The van der Waals surface area contributed by atoms with Crippen LogP contribution in [-0.2, 0) is 20.5 Å². The minimum atomic E-state index is -2.05. The fourth-order valence-electron chi connectivity index (χ4n) is 3.66. The van der Waals surface area contributed by atoms with Gasteiger partial charge in [0.05, 0.1) is 11.2 Å². The standard InChI is InChI=1S/C30H48NO2Si/c1-27(2,3)24-19-22(20-25(26(24)32)28(4,5)6)21-16-15-17-23(18-21)31(29(7,8)9)33-34(13,14)30(10,11)12/h15-20H,1-14H3. The van der Waals surface area contributed by atoms with Crippen LogP contribution in [0.1, 0.15) is 94.2 Å². The van der Waals surface area contributed by atoms with Crippen LogP contribution in [-0.4, -0.2) is 13.9 Å². The first-order chi connectivity index (χ1) is 15.1. The summed E-state index contributed by atoms with van der Waals surface area (Å²) in [6, 6.07) is 12.7. The van der Waals surface area contributed by atoms with Crippen LogP contribution < -0.4 is 5.06 Å². The highest BCUT2D eigenvalue weighted by Gasteiger charge is 2.42. The SMILES string of the molecule is CC(C)(C)c1cc(-c2cccc(N(O[Si](C)(C)C(C)(C)C)C(C)(C)C)c2)cc(C(C)(C)C)c1[O]. The predicted octanol–water partition coefficient (Wildman–Crippen LogP) is 9.63. The van der Waals surface area contributed by atoms with Crippen LogP contribution in [0.3, 0.4) is 0 Å². The third kappa shape index (κ3) is 6.25. The molecule has 0 aliphatic heterocycles. The van der Waals surface area contributed by atoms with Crippen molar-refractivity contribution in [1.82, 2.24) is 0 Å². The van der Waals surface area contributed by atoms with Gasteiger partial charge in [-0.05, 0) is 85.1 Å². The Morgan fingerprint density at radius 2 is 1.18 bits per heavy atom. The van der Waals surface area contributed by atoms with Crippen LogP contribution in [0, 0.1) is 0 Å². The molecule has 0 unspecified atom stereocenters. The van der Waals surface area contributed by atoms with Crippen LogP contribution in [0.5, 0.6) is 5.75 Å². The third-order valence-corrected chi connectivity index (χ3v) is 11.1. The molecule has 0 aliphatic rings. The van der Waals surface area contributed by atoms with Crippen molar-refractivity contribution < 1.29 is 9.63 Å².